The van der Waals surface area contributed by atoms with E-state index in [0.717, 1.165) is 0 Å². The Labute approximate surface area is 119 Å². The van der Waals surface area contributed by atoms with Crippen LogP contribution in [0.25, 0.3) is 21.9 Å². The van der Waals surface area contributed by atoms with Crippen LogP contribution in [0.4, 0.5) is 0 Å². The molecule has 5 heteroatoms. The Kier molecular flexibility index (Phi) is 3.10. The molecule has 0 spiro atoms. The fourth-order valence-corrected chi connectivity index (χ4v) is 2.21. The molecule has 0 aliphatic heterocycles. The fourth-order valence-electron chi connectivity index (χ4n) is 2.21. The van der Waals surface area contributed by atoms with Gasteiger partial charge in [-0.1, -0.05) is 0 Å². The van der Waals surface area contributed by atoms with Gasteiger partial charge < -0.3 is 13.9 Å². The number of rotatable bonds is 2. The van der Waals surface area contributed by atoms with E-state index in [4.69, 9.17) is 9.15 Å². The Morgan fingerprint density at radius 1 is 1.00 bits per heavy atom. The molecule has 3 rings (SSSR count). The van der Waals surface area contributed by atoms with Crippen molar-refractivity contribution < 1.29 is 18.7 Å². The summed E-state index contributed by atoms with van der Waals surface area (Å²) >= 11 is 0. The minimum atomic E-state index is -0.477. The highest BCUT2D eigenvalue weighted by molar-refractivity contribution is 5.96. The molecule has 0 bridgehead atoms. The van der Waals surface area contributed by atoms with Crippen molar-refractivity contribution in [3.05, 3.63) is 52.2 Å². The first-order valence-corrected chi connectivity index (χ1v) is 6.27. The lowest BCUT2D eigenvalue weighted by Gasteiger charge is -2.05. The third-order valence-corrected chi connectivity index (χ3v) is 3.30. The van der Waals surface area contributed by atoms with Crippen LogP contribution in [0, 0.1) is 0 Å². The third-order valence-electron chi connectivity index (χ3n) is 3.30. The number of carbonyl (C=O) groups excluding carboxylic acids is 1. The SMILES string of the molecule is COC(=O)c1ccc2c(=O)c3cc(OC)ccc3oc2c1. The molecular weight excluding hydrogens is 272 g/mol. The first-order chi connectivity index (χ1) is 10.1. The van der Waals surface area contributed by atoms with Crippen molar-refractivity contribution in [2.24, 2.45) is 0 Å². The average Bonchev–Trinajstić information content (AvgIpc) is 2.53. The summed E-state index contributed by atoms with van der Waals surface area (Å²) < 4.78 is 15.5. The minimum absolute atomic E-state index is 0.165. The summed E-state index contributed by atoms with van der Waals surface area (Å²) in [5, 5.41) is 0.844. The largest absolute Gasteiger partial charge is 0.497 e. The average molecular weight is 284 g/mol. The molecule has 0 fully saturated rings. The molecule has 0 aliphatic rings. The molecule has 1 aromatic heterocycles. The standard InChI is InChI=1S/C16H12O5/c1-19-10-4-6-13-12(8-10)15(17)11-5-3-9(16(18)20-2)7-14(11)21-13/h3-8H,1-2H3. The summed E-state index contributed by atoms with van der Waals surface area (Å²) in [5.41, 5.74) is 0.957. The normalized spacial score (nSPS) is 10.8. The Hall–Kier alpha value is -2.82. The van der Waals surface area contributed by atoms with Gasteiger partial charge in [0.05, 0.1) is 30.6 Å². The zero-order valence-electron chi connectivity index (χ0n) is 11.5. The van der Waals surface area contributed by atoms with E-state index in [1.807, 2.05) is 0 Å². The fraction of sp³-hybridized carbons (Fsp3) is 0.125. The van der Waals surface area contributed by atoms with Gasteiger partial charge in [0.25, 0.3) is 0 Å². The predicted molar refractivity (Wildman–Crippen MR) is 77.9 cm³/mol. The van der Waals surface area contributed by atoms with Crippen LogP contribution in [-0.2, 0) is 4.74 Å². The number of ether oxygens (including phenoxy) is 2. The maximum absolute atomic E-state index is 12.5. The van der Waals surface area contributed by atoms with Crippen LogP contribution < -0.4 is 10.2 Å². The van der Waals surface area contributed by atoms with Crippen LogP contribution in [0.1, 0.15) is 10.4 Å². The van der Waals surface area contributed by atoms with Crippen LogP contribution in [0.15, 0.2) is 45.6 Å². The highest BCUT2D eigenvalue weighted by Crippen LogP contribution is 2.23. The van der Waals surface area contributed by atoms with E-state index >= 15 is 0 Å². The van der Waals surface area contributed by atoms with Crippen molar-refractivity contribution in [2.75, 3.05) is 14.2 Å². The summed E-state index contributed by atoms with van der Waals surface area (Å²) in [6, 6.07) is 9.62. The molecule has 106 valence electrons. The monoisotopic (exact) mass is 284 g/mol. The summed E-state index contributed by atoms with van der Waals surface area (Å²) in [4.78, 5) is 24.0. The van der Waals surface area contributed by atoms with Gasteiger partial charge >= 0.3 is 5.97 Å². The van der Waals surface area contributed by atoms with Crippen molar-refractivity contribution in [3.63, 3.8) is 0 Å². The van der Waals surface area contributed by atoms with Gasteiger partial charge in [0, 0.05) is 0 Å². The lowest BCUT2D eigenvalue weighted by atomic mass is 10.1. The van der Waals surface area contributed by atoms with E-state index in [1.54, 1.807) is 24.3 Å². The smallest absolute Gasteiger partial charge is 0.337 e. The molecule has 0 saturated carbocycles. The van der Waals surface area contributed by atoms with Gasteiger partial charge in [0.15, 0.2) is 0 Å². The molecule has 0 amide bonds. The van der Waals surface area contributed by atoms with Crippen molar-refractivity contribution in [2.45, 2.75) is 0 Å². The Balaban J connectivity index is 2.33. The van der Waals surface area contributed by atoms with Gasteiger partial charge in [-0.25, -0.2) is 4.79 Å². The number of methoxy groups -OCH3 is 2. The third kappa shape index (κ3) is 2.12. The maximum atomic E-state index is 12.5. The molecule has 0 N–H and O–H groups in total. The van der Waals surface area contributed by atoms with E-state index in [-0.39, 0.29) is 5.43 Å². The first-order valence-electron chi connectivity index (χ1n) is 6.27. The van der Waals surface area contributed by atoms with Crippen molar-refractivity contribution in [1.82, 2.24) is 0 Å². The second-order valence-corrected chi connectivity index (χ2v) is 4.50. The van der Waals surface area contributed by atoms with E-state index in [0.29, 0.717) is 33.3 Å². The second-order valence-electron chi connectivity index (χ2n) is 4.50. The van der Waals surface area contributed by atoms with Crippen LogP contribution in [0.3, 0.4) is 0 Å². The predicted octanol–water partition coefficient (Wildman–Crippen LogP) is 2.74. The summed E-state index contributed by atoms with van der Waals surface area (Å²) in [5.74, 6) is 0.106. The summed E-state index contributed by atoms with van der Waals surface area (Å²) in [7, 11) is 2.84. The van der Waals surface area contributed by atoms with Gasteiger partial charge in [-0.3, -0.25) is 4.79 Å². The number of hydrogen-bond donors (Lipinski definition) is 0. The molecule has 0 unspecified atom stereocenters. The lowest BCUT2D eigenvalue weighted by molar-refractivity contribution is 0.0601. The molecular formula is C16H12O5. The first kappa shape index (κ1) is 13.2. The minimum Gasteiger partial charge on any atom is -0.497 e. The topological polar surface area (TPSA) is 65.7 Å². The Bertz CT molecular complexity index is 908. The van der Waals surface area contributed by atoms with Gasteiger partial charge in [0.1, 0.15) is 16.9 Å². The molecule has 3 aromatic rings. The van der Waals surface area contributed by atoms with Gasteiger partial charge in [0.2, 0.25) is 5.43 Å². The van der Waals surface area contributed by atoms with Crippen molar-refractivity contribution in [3.8, 4) is 5.75 Å². The molecule has 0 radical (unpaired) electrons. The highest BCUT2D eigenvalue weighted by atomic mass is 16.5. The zero-order valence-corrected chi connectivity index (χ0v) is 11.5. The molecule has 0 atom stereocenters. The lowest BCUT2D eigenvalue weighted by Crippen LogP contribution is -2.05. The van der Waals surface area contributed by atoms with E-state index in [1.165, 1.54) is 26.4 Å². The molecule has 0 saturated heterocycles. The molecule has 2 aromatic carbocycles. The quantitative estimate of drug-likeness (QED) is 0.534. The maximum Gasteiger partial charge on any atom is 0.337 e. The van der Waals surface area contributed by atoms with Crippen LogP contribution in [0.2, 0.25) is 0 Å². The van der Waals surface area contributed by atoms with Gasteiger partial charge in [-0.2, -0.15) is 0 Å². The van der Waals surface area contributed by atoms with E-state index in [9.17, 15) is 9.59 Å². The van der Waals surface area contributed by atoms with Crippen LogP contribution in [0.5, 0.6) is 5.75 Å². The van der Waals surface area contributed by atoms with Crippen molar-refractivity contribution >= 4 is 27.9 Å². The van der Waals surface area contributed by atoms with E-state index < -0.39 is 5.97 Å². The number of carbonyl (C=O) groups is 1. The van der Waals surface area contributed by atoms with Crippen LogP contribution >= 0.6 is 0 Å². The summed E-state index contributed by atoms with van der Waals surface area (Å²) in [6.07, 6.45) is 0. The number of fused-ring (bicyclic) bond motifs is 2. The van der Waals surface area contributed by atoms with Crippen LogP contribution in [-0.4, -0.2) is 20.2 Å². The highest BCUT2D eigenvalue weighted by Gasteiger charge is 2.12. The Morgan fingerprint density at radius 3 is 2.52 bits per heavy atom. The Morgan fingerprint density at radius 2 is 1.81 bits per heavy atom. The molecule has 0 aliphatic carbocycles. The van der Waals surface area contributed by atoms with Crippen molar-refractivity contribution in [1.29, 1.82) is 0 Å². The van der Waals surface area contributed by atoms with Gasteiger partial charge in [-0.15, -0.1) is 0 Å². The molecule has 5 nitrogen and oxygen atoms in total. The molecule has 1 heterocycles. The number of benzene rings is 2. The molecule has 21 heavy (non-hydrogen) atoms. The van der Waals surface area contributed by atoms with E-state index in [2.05, 4.69) is 4.74 Å². The number of esters is 1. The number of hydrogen-bond acceptors (Lipinski definition) is 5. The summed E-state index contributed by atoms with van der Waals surface area (Å²) in [6.45, 7) is 0. The van der Waals surface area contributed by atoms with Gasteiger partial charge in [-0.05, 0) is 36.4 Å². The second kappa shape index (κ2) is 4.94. The zero-order chi connectivity index (χ0) is 15.0.